The van der Waals surface area contributed by atoms with Gasteiger partial charge in [-0.25, -0.2) is 0 Å². The van der Waals surface area contributed by atoms with Gasteiger partial charge in [0.15, 0.2) is 11.5 Å². The van der Waals surface area contributed by atoms with E-state index in [4.69, 9.17) is 21.7 Å². The summed E-state index contributed by atoms with van der Waals surface area (Å²) in [7, 11) is 1.44. The van der Waals surface area contributed by atoms with Gasteiger partial charge in [0.25, 0.3) is 11.6 Å². The molecule has 1 heterocycles. The molecule has 9 heteroatoms. The third-order valence-corrected chi connectivity index (χ3v) is 3.90. The predicted molar refractivity (Wildman–Crippen MR) is 87.1 cm³/mol. The summed E-state index contributed by atoms with van der Waals surface area (Å²) < 4.78 is 10.8. The van der Waals surface area contributed by atoms with Gasteiger partial charge in [-0.2, -0.15) is 0 Å². The fourth-order valence-electron chi connectivity index (χ4n) is 1.83. The zero-order chi connectivity index (χ0) is 16.3. The van der Waals surface area contributed by atoms with Crippen LogP contribution in [0.2, 0.25) is 0 Å². The zero-order valence-corrected chi connectivity index (χ0v) is 13.4. The Morgan fingerprint density at radius 1 is 1.45 bits per heavy atom. The van der Waals surface area contributed by atoms with Gasteiger partial charge in [-0.1, -0.05) is 24.0 Å². The molecule has 1 aromatic rings. The van der Waals surface area contributed by atoms with Crippen LogP contribution in [0.15, 0.2) is 17.0 Å². The second-order valence-electron chi connectivity index (χ2n) is 4.10. The van der Waals surface area contributed by atoms with E-state index < -0.39 is 4.92 Å². The molecule has 7 nitrogen and oxygen atoms in total. The highest BCUT2D eigenvalue weighted by atomic mass is 32.2. The van der Waals surface area contributed by atoms with Crippen LogP contribution in [-0.4, -0.2) is 28.9 Å². The Hall–Kier alpha value is -2.13. The van der Waals surface area contributed by atoms with Crippen molar-refractivity contribution in [2.45, 2.75) is 6.92 Å². The Bertz CT molecular complexity index is 687. The minimum Gasteiger partial charge on any atom is -0.493 e. The first-order chi connectivity index (χ1) is 10.5. The Morgan fingerprint density at radius 2 is 2.18 bits per heavy atom. The molecule has 1 aliphatic rings. The SMILES string of the molecule is CCOc1cc([N+](=O)[O-])c(/C=C2\SC(=S)NC2=O)cc1OC. The Balaban J connectivity index is 2.54. The van der Waals surface area contributed by atoms with Gasteiger partial charge in [0.05, 0.1) is 35.2 Å². The highest BCUT2D eigenvalue weighted by molar-refractivity contribution is 8.26. The summed E-state index contributed by atoms with van der Waals surface area (Å²) in [6.07, 6.45) is 1.41. The van der Waals surface area contributed by atoms with Crippen LogP contribution in [-0.2, 0) is 4.79 Å². The van der Waals surface area contributed by atoms with Crippen molar-refractivity contribution in [1.29, 1.82) is 0 Å². The number of hydrogen-bond acceptors (Lipinski definition) is 7. The molecule has 0 unspecified atom stereocenters. The van der Waals surface area contributed by atoms with Crippen LogP contribution in [0.5, 0.6) is 11.5 Å². The molecule has 1 saturated heterocycles. The maximum atomic E-state index is 11.7. The normalized spacial score (nSPS) is 15.8. The number of carbonyl (C=O) groups is 1. The summed E-state index contributed by atoms with van der Waals surface area (Å²) in [6, 6.07) is 2.75. The molecule has 1 aliphatic heterocycles. The molecular formula is C13H12N2O5S2. The summed E-state index contributed by atoms with van der Waals surface area (Å²) in [5.74, 6) is 0.250. The Morgan fingerprint density at radius 3 is 2.68 bits per heavy atom. The van der Waals surface area contributed by atoms with Crippen molar-refractivity contribution < 1.29 is 19.2 Å². The number of hydrogen-bond donors (Lipinski definition) is 1. The lowest BCUT2D eigenvalue weighted by Crippen LogP contribution is -2.17. The van der Waals surface area contributed by atoms with Crippen molar-refractivity contribution in [2.24, 2.45) is 0 Å². The highest BCUT2D eigenvalue weighted by Gasteiger charge is 2.25. The monoisotopic (exact) mass is 340 g/mol. The van der Waals surface area contributed by atoms with Crippen molar-refractivity contribution in [1.82, 2.24) is 5.32 Å². The first-order valence-electron chi connectivity index (χ1n) is 6.20. The van der Waals surface area contributed by atoms with Crippen molar-refractivity contribution in [2.75, 3.05) is 13.7 Å². The van der Waals surface area contributed by atoms with E-state index in [1.54, 1.807) is 6.92 Å². The molecule has 22 heavy (non-hydrogen) atoms. The van der Waals surface area contributed by atoms with Gasteiger partial charge in [-0.15, -0.1) is 0 Å². The van der Waals surface area contributed by atoms with Gasteiger partial charge >= 0.3 is 0 Å². The number of carbonyl (C=O) groups excluding carboxylic acids is 1. The number of nitro benzene ring substituents is 1. The maximum absolute atomic E-state index is 11.7. The minimum absolute atomic E-state index is 0.178. The van der Waals surface area contributed by atoms with Crippen LogP contribution < -0.4 is 14.8 Å². The molecule has 0 bridgehead atoms. The quantitative estimate of drug-likeness (QED) is 0.381. The molecule has 116 valence electrons. The molecule has 0 atom stereocenters. The second-order valence-corrected chi connectivity index (χ2v) is 5.82. The predicted octanol–water partition coefficient (Wildman–Crippen LogP) is 2.49. The van der Waals surface area contributed by atoms with E-state index in [-0.39, 0.29) is 22.9 Å². The lowest BCUT2D eigenvalue weighted by Gasteiger charge is -2.10. The van der Waals surface area contributed by atoms with Crippen molar-refractivity contribution >= 4 is 46.0 Å². The number of thioether (sulfide) groups is 1. The summed E-state index contributed by atoms with van der Waals surface area (Å²) in [5.41, 5.74) is 0.0654. The molecular weight excluding hydrogens is 328 g/mol. The first kappa shape index (κ1) is 16.2. The van der Waals surface area contributed by atoms with Crippen molar-refractivity contribution in [3.05, 3.63) is 32.7 Å². The molecule has 0 saturated carbocycles. The average Bonchev–Trinajstić information content (AvgIpc) is 2.78. The average molecular weight is 340 g/mol. The van der Waals surface area contributed by atoms with E-state index in [1.807, 2.05) is 0 Å². The summed E-state index contributed by atoms with van der Waals surface area (Å²) >= 11 is 5.94. The molecule has 1 amide bonds. The third-order valence-electron chi connectivity index (χ3n) is 2.74. The van der Waals surface area contributed by atoms with Gasteiger partial charge in [0, 0.05) is 0 Å². The number of thiocarbonyl (C=S) groups is 1. The number of methoxy groups -OCH3 is 1. The number of nitrogens with zero attached hydrogens (tertiary/aromatic N) is 1. The molecule has 2 rings (SSSR count). The summed E-state index contributed by atoms with van der Waals surface area (Å²) in [6.45, 7) is 2.11. The first-order valence-corrected chi connectivity index (χ1v) is 7.42. The van der Waals surface area contributed by atoms with Crippen LogP contribution >= 0.6 is 24.0 Å². The van der Waals surface area contributed by atoms with Crippen LogP contribution in [0.3, 0.4) is 0 Å². The Kier molecular flexibility index (Phi) is 4.99. The van der Waals surface area contributed by atoms with Crippen molar-refractivity contribution in [3.63, 3.8) is 0 Å². The molecule has 0 spiro atoms. The third kappa shape index (κ3) is 3.37. The van der Waals surface area contributed by atoms with Gasteiger partial charge < -0.3 is 14.8 Å². The molecule has 0 aromatic heterocycles. The fourth-order valence-corrected chi connectivity index (χ4v) is 2.86. The lowest BCUT2D eigenvalue weighted by atomic mass is 10.1. The van der Waals surface area contributed by atoms with E-state index >= 15 is 0 Å². The number of benzene rings is 1. The van der Waals surface area contributed by atoms with Crippen molar-refractivity contribution in [3.8, 4) is 11.5 Å². The minimum atomic E-state index is -0.538. The topological polar surface area (TPSA) is 90.7 Å². The Labute approximate surface area is 135 Å². The number of nitrogens with one attached hydrogen (secondary N) is 1. The van der Waals surface area contributed by atoms with E-state index in [2.05, 4.69) is 5.32 Å². The van der Waals surface area contributed by atoms with Gasteiger partial charge in [0.1, 0.15) is 4.32 Å². The number of rotatable bonds is 5. The van der Waals surface area contributed by atoms with Crippen LogP contribution in [0.1, 0.15) is 12.5 Å². The maximum Gasteiger partial charge on any atom is 0.280 e. The second kappa shape index (κ2) is 6.75. The van der Waals surface area contributed by atoms with E-state index in [0.717, 1.165) is 11.8 Å². The van der Waals surface area contributed by atoms with Gasteiger partial charge in [-0.3, -0.25) is 14.9 Å². The molecule has 1 N–H and O–H groups in total. The number of nitro groups is 1. The fraction of sp³-hybridized carbons (Fsp3) is 0.231. The van der Waals surface area contributed by atoms with Gasteiger partial charge in [0.2, 0.25) is 0 Å². The molecule has 0 radical (unpaired) electrons. The standard InChI is InChI=1S/C13H12N2O5S2/c1-3-20-10-6-8(15(17)18)7(4-9(10)19-2)5-11-12(16)14-13(21)22-11/h4-6H,3H2,1-2H3,(H,14,16,21)/b11-5-. The highest BCUT2D eigenvalue weighted by Crippen LogP contribution is 2.37. The van der Waals surface area contributed by atoms with E-state index in [1.165, 1.54) is 25.3 Å². The summed E-state index contributed by atoms with van der Waals surface area (Å²) in [5, 5.41) is 13.7. The summed E-state index contributed by atoms with van der Waals surface area (Å²) in [4.78, 5) is 22.7. The molecule has 1 fully saturated rings. The van der Waals surface area contributed by atoms with E-state index in [0.29, 0.717) is 21.6 Å². The molecule has 0 aliphatic carbocycles. The van der Waals surface area contributed by atoms with Gasteiger partial charge in [-0.05, 0) is 19.1 Å². The van der Waals surface area contributed by atoms with Crippen LogP contribution in [0, 0.1) is 10.1 Å². The lowest BCUT2D eigenvalue weighted by molar-refractivity contribution is -0.385. The van der Waals surface area contributed by atoms with Crippen LogP contribution in [0.25, 0.3) is 6.08 Å². The number of amides is 1. The molecule has 1 aromatic carbocycles. The largest absolute Gasteiger partial charge is 0.493 e. The smallest absolute Gasteiger partial charge is 0.280 e. The number of ether oxygens (including phenoxy) is 2. The van der Waals surface area contributed by atoms with E-state index in [9.17, 15) is 14.9 Å². The zero-order valence-electron chi connectivity index (χ0n) is 11.7. The van der Waals surface area contributed by atoms with Crippen LogP contribution in [0.4, 0.5) is 5.69 Å².